The van der Waals surface area contributed by atoms with E-state index in [1.165, 1.54) is 11.0 Å². The Morgan fingerprint density at radius 2 is 1.83 bits per heavy atom. The van der Waals surface area contributed by atoms with E-state index in [2.05, 4.69) is 19.8 Å². The van der Waals surface area contributed by atoms with Crippen molar-refractivity contribution >= 4 is 34.1 Å². The molecule has 0 saturated heterocycles. The molecule has 1 aromatic carbocycles. The summed E-state index contributed by atoms with van der Waals surface area (Å²) in [6, 6.07) is 10.9. The Kier molecular flexibility index (Phi) is 5.42. The molecule has 5 rings (SSSR count). The molecule has 180 valence electrons. The first-order chi connectivity index (χ1) is 16.7. The zero-order valence-electron chi connectivity index (χ0n) is 18.7. The number of pyridine rings is 2. The van der Waals surface area contributed by atoms with Crippen LogP contribution in [0.25, 0.3) is 10.9 Å². The predicted molar refractivity (Wildman–Crippen MR) is 121 cm³/mol. The second kappa shape index (κ2) is 8.46. The molecule has 0 fully saturated rings. The van der Waals surface area contributed by atoms with Gasteiger partial charge >= 0.3 is 12.4 Å². The molecule has 1 aliphatic heterocycles. The molecule has 4 aromatic rings. The molecule has 1 aliphatic rings. The minimum atomic E-state index is -4.88. The Balaban J connectivity index is 1.57. The van der Waals surface area contributed by atoms with Gasteiger partial charge in [-0.05, 0) is 37.3 Å². The summed E-state index contributed by atoms with van der Waals surface area (Å²) in [6.07, 6.45) is -1.90. The summed E-state index contributed by atoms with van der Waals surface area (Å²) in [5.41, 5.74) is 2.35. The minimum Gasteiger partial charge on any atom is -0.478 e. The summed E-state index contributed by atoms with van der Waals surface area (Å²) in [6.45, 7) is 2.42. The smallest absolute Gasteiger partial charge is 0.478 e. The third-order valence-electron chi connectivity index (χ3n) is 5.30. The van der Waals surface area contributed by atoms with Crippen LogP contribution in [0, 0.1) is 0 Å². The molecule has 0 unspecified atom stereocenters. The number of ether oxygens (including phenoxy) is 2. The molecular formula is C23H19F3N6O3. The number of amides is 2. The van der Waals surface area contributed by atoms with Crippen LogP contribution >= 0.6 is 0 Å². The average Bonchev–Trinajstić information content (AvgIpc) is 3.18. The van der Waals surface area contributed by atoms with E-state index in [-0.39, 0.29) is 12.2 Å². The van der Waals surface area contributed by atoms with Crippen molar-refractivity contribution in [1.82, 2.24) is 19.7 Å². The molecule has 0 spiro atoms. The number of anilines is 3. The lowest BCUT2D eigenvalue weighted by Crippen LogP contribution is -2.45. The van der Waals surface area contributed by atoms with Crippen LogP contribution in [-0.4, -0.2) is 38.7 Å². The van der Waals surface area contributed by atoms with Crippen molar-refractivity contribution in [3.05, 3.63) is 60.4 Å². The van der Waals surface area contributed by atoms with Gasteiger partial charge in [0.15, 0.2) is 0 Å². The number of urea groups is 1. The Morgan fingerprint density at radius 3 is 2.54 bits per heavy atom. The van der Waals surface area contributed by atoms with Crippen LogP contribution in [0.4, 0.5) is 35.2 Å². The zero-order chi connectivity index (χ0) is 24.7. The quantitative estimate of drug-likeness (QED) is 0.399. The number of halogens is 3. The van der Waals surface area contributed by atoms with Gasteiger partial charge in [0.1, 0.15) is 5.82 Å². The van der Waals surface area contributed by atoms with E-state index in [1.54, 1.807) is 27.8 Å². The van der Waals surface area contributed by atoms with Crippen molar-refractivity contribution in [3.8, 4) is 11.8 Å². The SMILES string of the molecule is CCOc1ccc2c(n1)N(c1ccc(OC(F)(F)F)nc1)C(=O)N(c1ccc3nn(C)cc3c1)C2. The second-order valence-electron chi connectivity index (χ2n) is 7.72. The van der Waals surface area contributed by atoms with Gasteiger partial charge in [0.05, 0.1) is 30.6 Å². The van der Waals surface area contributed by atoms with Crippen LogP contribution < -0.4 is 19.3 Å². The summed E-state index contributed by atoms with van der Waals surface area (Å²) < 4.78 is 48.7. The molecule has 0 bridgehead atoms. The highest BCUT2D eigenvalue weighted by Crippen LogP contribution is 2.37. The molecule has 4 heterocycles. The Morgan fingerprint density at radius 1 is 1.06 bits per heavy atom. The van der Waals surface area contributed by atoms with Crippen LogP contribution in [0.2, 0.25) is 0 Å². The number of carbonyl (C=O) groups is 1. The van der Waals surface area contributed by atoms with Gasteiger partial charge in [-0.2, -0.15) is 10.1 Å². The van der Waals surface area contributed by atoms with Crippen LogP contribution in [0.5, 0.6) is 11.8 Å². The first-order valence-corrected chi connectivity index (χ1v) is 10.6. The number of carbonyl (C=O) groups excluding carboxylic acids is 1. The van der Waals surface area contributed by atoms with Crippen molar-refractivity contribution in [2.24, 2.45) is 7.05 Å². The number of fused-ring (bicyclic) bond motifs is 2. The van der Waals surface area contributed by atoms with Gasteiger partial charge in [-0.3, -0.25) is 9.58 Å². The van der Waals surface area contributed by atoms with E-state index in [0.717, 1.165) is 28.7 Å². The highest BCUT2D eigenvalue weighted by Gasteiger charge is 2.35. The third kappa shape index (κ3) is 4.42. The van der Waals surface area contributed by atoms with E-state index in [4.69, 9.17) is 4.74 Å². The van der Waals surface area contributed by atoms with Gasteiger partial charge in [0, 0.05) is 42.0 Å². The number of aryl methyl sites for hydroxylation is 1. The second-order valence-corrected chi connectivity index (χ2v) is 7.72. The van der Waals surface area contributed by atoms with E-state index < -0.39 is 18.3 Å². The fourth-order valence-electron chi connectivity index (χ4n) is 3.88. The molecule has 0 aliphatic carbocycles. The normalized spacial score (nSPS) is 13.8. The van der Waals surface area contributed by atoms with Gasteiger partial charge in [-0.1, -0.05) is 0 Å². The van der Waals surface area contributed by atoms with Crippen LogP contribution in [0.15, 0.2) is 54.9 Å². The number of hydrogen-bond donors (Lipinski definition) is 0. The van der Waals surface area contributed by atoms with E-state index in [1.807, 2.05) is 32.3 Å². The van der Waals surface area contributed by atoms with Gasteiger partial charge in [-0.15, -0.1) is 13.2 Å². The van der Waals surface area contributed by atoms with Crippen LogP contribution in [0.1, 0.15) is 12.5 Å². The fraction of sp³-hybridized carbons (Fsp3) is 0.217. The molecule has 35 heavy (non-hydrogen) atoms. The average molecular weight is 484 g/mol. The van der Waals surface area contributed by atoms with Crippen molar-refractivity contribution < 1.29 is 27.4 Å². The molecule has 9 nitrogen and oxygen atoms in total. The van der Waals surface area contributed by atoms with Crippen molar-refractivity contribution in [3.63, 3.8) is 0 Å². The maximum absolute atomic E-state index is 13.7. The lowest BCUT2D eigenvalue weighted by Gasteiger charge is -2.36. The molecule has 12 heteroatoms. The first kappa shape index (κ1) is 22.4. The molecule has 3 aromatic heterocycles. The lowest BCUT2D eigenvalue weighted by molar-refractivity contribution is -0.276. The highest BCUT2D eigenvalue weighted by atomic mass is 19.4. The third-order valence-corrected chi connectivity index (χ3v) is 5.30. The van der Waals surface area contributed by atoms with Gasteiger partial charge in [0.25, 0.3) is 0 Å². The minimum absolute atomic E-state index is 0.221. The van der Waals surface area contributed by atoms with E-state index in [0.29, 0.717) is 24.0 Å². The van der Waals surface area contributed by atoms with Crippen molar-refractivity contribution in [2.45, 2.75) is 19.8 Å². The maximum atomic E-state index is 13.7. The summed E-state index contributed by atoms with van der Waals surface area (Å²) >= 11 is 0. The number of rotatable bonds is 5. The molecule has 0 N–H and O–H groups in total. The summed E-state index contributed by atoms with van der Waals surface area (Å²) in [7, 11) is 1.81. The maximum Gasteiger partial charge on any atom is 0.574 e. The van der Waals surface area contributed by atoms with Gasteiger partial charge in [-0.25, -0.2) is 14.7 Å². The summed E-state index contributed by atoms with van der Waals surface area (Å²) in [4.78, 5) is 24.8. The number of hydrogen-bond acceptors (Lipinski definition) is 6. The molecule has 0 saturated carbocycles. The largest absolute Gasteiger partial charge is 0.574 e. The van der Waals surface area contributed by atoms with E-state index in [9.17, 15) is 18.0 Å². The Hall–Kier alpha value is -4.35. The summed E-state index contributed by atoms with van der Waals surface area (Å²) in [5, 5.41) is 5.21. The molecular weight excluding hydrogens is 465 g/mol. The standard InChI is InChI=1S/C23H19F3N6O3/c1-3-34-20-8-4-14-13-31(16-5-7-18-15(10-16)12-30(2)29-18)22(33)32(21(14)28-20)17-6-9-19(27-11-17)35-23(24,25)26/h4-12H,3,13H2,1-2H3. The Labute approximate surface area is 197 Å². The fourth-order valence-corrected chi connectivity index (χ4v) is 3.88. The monoisotopic (exact) mass is 484 g/mol. The molecule has 2 amide bonds. The Bertz CT molecular complexity index is 1400. The van der Waals surface area contributed by atoms with E-state index >= 15 is 0 Å². The van der Waals surface area contributed by atoms with Crippen LogP contribution in [-0.2, 0) is 13.6 Å². The van der Waals surface area contributed by atoms with Gasteiger partial charge < -0.3 is 9.47 Å². The predicted octanol–water partition coefficient (Wildman–Crippen LogP) is 4.94. The number of nitrogens with zero attached hydrogens (tertiary/aromatic N) is 6. The number of aromatic nitrogens is 4. The number of benzene rings is 1. The first-order valence-electron chi connectivity index (χ1n) is 10.6. The summed E-state index contributed by atoms with van der Waals surface area (Å²) in [5.74, 6) is -0.00828. The number of alkyl halides is 3. The van der Waals surface area contributed by atoms with Crippen LogP contribution in [0.3, 0.4) is 0 Å². The topological polar surface area (TPSA) is 85.6 Å². The zero-order valence-corrected chi connectivity index (χ0v) is 18.7. The lowest BCUT2D eigenvalue weighted by atomic mass is 10.1. The highest BCUT2D eigenvalue weighted by molar-refractivity contribution is 6.10. The van der Waals surface area contributed by atoms with Gasteiger partial charge in [0.2, 0.25) is 11.8 Å². The van der Waals surface area contributed by atoms with Crippen molar-refractivity contribution in [2.75, 3.05) is 16.4 Å². The van der Waals surface area contributed by atoms with Crippen molar-refractivity contribution in [1.29, 1.82) is 0 Å². The molecule has 0 atom stereocenters. The molecule has 0 radical (unpaired) electrons.